The average molecular weight is 264 g/mol. The number of methoxy groups -OCH3 is 1. The van der Waals surface area contributed by atoms with Crippen LogP contribution in [-0.2, 0) is 6.54 Å². The summed E-state index contributed by atoms with van der Waals surface area (Å²) in [6.07, 6.45) is 9.50. The minimum Gasteiger partial charge on any atom is -0.493 e. The third-order valence-corrected chi connectivity index (χ3v) is 3.92. The molecule has 0 aromatic carbocycles. The third kappa shape index (κ3) is 3.37. The molecule has 1 heterocycles. The Morgan fingerprint density at radius 3 is 2.79 bits per heavy atom. The summed E-state index contributed by atoms with van der Waals surface area (Å²) in [4.78, 5) is 12.5. The van der Waals surface area contributed by atoms with E-state index in [9.17, 15) is 4.79 Å². The number of ether oxygens (including phenoxy) is 1. The lowest BCUT2D eigenvalue weighted by atomic mass is 9.85. The number of ketones is 1. The molecule has 0 amide bonds. The van der Waals surface area contributed by atoms with E-state index < -0.39 is 0 Å². The monoisotopic (exact) mass is 264 g/mol. The lowest BCUT2D eigenvalue weighted by Gasteiger charge is -2.20. The third-order valence-electron chi connectivity index (χ3n) is 3.92. The van der Waals surface area contributed by atoms with Gasteiger partial charge in [0.2, 0.25) is 0 Å². The lowest BCUT2D eigenvalue weighted by Crippen LogP contribution is -2.16. The van der Waals surface area contributed by atoms with Gasteiger partial charge in [-0.1, -0.05) is 39.0 Å². The molecule has 0 N–H and O–H groups in total. The van der Waals surface area contributed by atoms with Gasteiger partial charge in [-0.2, -0.15) is 5.10 Å². The first-order valence-electron chi connectivity index (χ1n) is 7.39. The topological polar surface area (TPSA) is 44.1 Å². The average Bonchev–Trinajstić information content (AvgIpc) is 2.83. The van der Waals surface area contributed by atoms with Crippen molar-refractivity contribution < 1.29 is 9.53 Å². The molecule has 0 saturated heterocycles. The number of hydrogen-bond acceptors (Lipinski definition) is 3. The Morgan fingerprint density at radius 1 is 1.42 bits per heavy atom. The summed E-state index contributed by atoms with van der Waals surface area (Å²) in [7, 11) is 1.60. The lowest BCUT2D eigenvalue weighted by molar-refractivity contribution is 0.0936. The van der Waals surface area contributed by atoms with Crippen LogP contribution in [0.25, 0.3) is 0 Å². The molecule has 19 heavy (non-hydrogen) atoms. The zero-order valence-electron chi connectivity index (χ0n) is 12.0. The zero-order valence-corrected chi connectivity index (χ0v) is 12.0. The molecule has 2 rings (SSSR count). The molecule has 1 aliphatic rings. The van der Waals surface area contributed by atoms with Crippen LogP contribution in [0.4, 0.5) is 0 Å². The summed E-state index contributed by atoms with van der Waals surface area (Å²) in [6, 6.07) is 0. The number of nitrogens with zero attached hydrogens (tertiary/aromatic N) is 2. The molecule has 0 unspecified atom stereocenters. The van der Waals surface area contributed by atoms with Crippen molar-refractivity contribution in [3.8, 4) is 5.75 Å². The number of aromatic nitrogens is 2. The van der Waals surface area contributed by atoms with Gasteiger partial charge in [0.05, 0.1) is 13.3 Å². The molecule has 0 atom stereocenters. The van der Waals surface area contributed by atoms with Gasteiger partial charge in [-0.25, -0.2) is 0 Å². The van der Waals surface area contributed by atoms with Gasteiger partial charge in [-0.3, -0.25) is 9.48 Å². The predicted molar refractivity (Wildman–Crippen MR) is 74.6 cm³/mol. The second-order valence-corrected chi connectivity index (χ2v) is 5.42. The van der Waals surface area contributed by atoms with Crippen LogP contribution < -0.4 is 4.74 Å². The Labute approximate surface area is 115 Å². The van der Waals surface area contributed by atoms with E-state index in [-0.39, 0.29) is 5.78 Å². The molecule has 4 heteroatoms. The maximum atomic E-state index is 12.5. The SMILES string of the molecule is CCCn1ncc(OC)c1C(=O)CC1CCCCC1. The molecule has 1 fully saturated rings. The molecule has 0 spiro atoms. The Kier molecular flexibility index (Phi) is 5.00. The van der Waals surface area contributed by atoms with Gasteiger partial charge >= 0.3 is 0 Å². The van der Waals surface area contributed by atoms with Gasteiger partial charge in [0, 0.05) is 13.0 Å². The van der Waals surface area contributed by atoms with Crippen molar-refractivity contribution in [2.24, 2.45) is 5.92 Å². The van der Waals surface area contributed by atoms with Crippen molar-refractivity contribution in [1.82, 2.24) is 9.78 Å². The highest BCUT2D eigenvalue weighted by Crippen LogP contribution is 2.29. The number of rotatable bonds is 6. The first-order chi connectivity index (χ1) is 9.26. The van der Waals surface area contributed by atoms with Crippen LogP contribution in [0.1, 0.15) is 62.4 Å². The van der Waals surface area contributed by atoms with Crippen molar-refractivity contribution >= 4 is 5.78 Å². The number of Topliss-reactive ketones (excluding diaryl/α,β-unsaturated/α-hetero) is 1. The summed E-state index contributed by atoms with van der Waals surface area (Å²) in [5.74, 6) is 1.36. The minimum absolute atomic E-state index is 0.190. The molecule has 1 saturated carbocycles. The van der Waals surface area contributed by atoms with E-state index in [1.807, 2.05) is 0 Å². The van der Waals surface area contributed by atoms with Crippen LogP contribution in [0.3, 0.4) is 0 Å². The van der Waals surface area contributed by atoms with E-state index >= 15 is 0 Å². The van der Waals surface area contributed by atoms with E-state index in [4.69, 9.17) is 4.74 Å². The first-order valence-corrected chi connectivity index (χ1v) is 7.39. The van der Waals surface area contributed by atoms with E-state index in [0.717, 1.165) is 13.0 Å². The summed E-state index contributed by atoms with van der Waals surface area (Å²) in [5, 5.41) is 4.26. The normalized spacial score (nSPS) is 16.5. The molecule has 0 bridgehead atoms. The van der Waals surface area contributed by atoms with Gasteiger partial charge in [-0.05, 0) is 12.3 Å². The second kappa shape index (κ2) is 6.73. The molecule has 4 nitrogen and oxygen atoms in total. The fourth-order valence-electron chi connectivity index (χ4n) is 2.93. The fraction of sp³-hybridized carbons (Fsp3) is 0.733. The van der Waals surface area contributed by atoms with E-state index in [0.29, 0.717) is 23.8 Å². The van der Waals surface area contributed by atoms with E-state index in [2.05, 4.69) is 12.0 Å². The van der Waals surface area contributed by atoms with E-state index in [1.54, 1.807) is 18.0 Å². The summed E-state index contributed by atoms with van der Waals surface area (Å²) >= 11 is 0. The van der Waals surface area contributed by atoms with Gasteiger partial charge in [-0.15, -0.1) is 0 Å². The molecule has 1 aromatic heterocycles. The molecular formula is C15H24N2O2. The highest BCUT2D eigenvalue weighted by Gasteiger charge is 2.23. The maximum absolute atomic E-state index is 12.5. The van der Waals surface area contributed by atoms with Crippen LogP contribution in [-0.4, -0.2) is 22.7 Å². The molecule has 106 valence electrons. The fourth-order valence-corrected chi connectivity index (χ4v) is 2.93. The molecule has 1 aliphatic carbocycles. The summed E-state index contributed by atoms with van der Waals surface area (Å²) < 4.78 is 7.07. The first kappa shape index (κ1) is 14.1. The Hall–Kier alpha value is -1.32. The number of aryl methyl sites for hydroxylation is 1. The van der Waals surface area contributed by atoms with Gasteiger partial charge in [0.1, 0.15) is 5.69 Å². The van der Waals surface area contributed by atoms with Crippen molar-refractivity contribution in [2.45, 2.75) is 58.4 Å². The minimum atomic E-state index is 0.190. The molecule has 0 radical (unpaired) electrons. The van der Waals surface area contributed by atoms with Crippen LogP contribution in [0, 0.1) is 5.92 Å². The van der Waals surface area contributed by atoms with Gasteiger partial charge in [0.15, 0.2) is 11.5 Å². The van der Waals surface area contributed by atoms with Crippen LogP contribution in [0.15, 0.2) is 6.20 Å². The van der Waals surface area contributed by atoms with Crippen molar-refractivity contribution in [2.75, 3.05) is 7.11 Å². The smallest absolute Gasteiger partial charge is 0.184 e. The van der Waals surface area contributed by atoms with E-state index in [1.165, 1.54) is 32.1 Å². The standard InChI is InChI=1S/C15H24N2O2/c1-3-9-17-15(14(19-2)11-16-17)13(18)10-12-7-5-4-6-8-12/h11-12H,3-10H2,1-2H3. The number of hydrogen-bond donors (Lipinski definition) is 0. The Balaban J connectivity index is 2.09. The molecular weight excluding hydrogens is 240 g/mol. The maximum Gasteiger partial charge on any atom is 0.184 e. The number of carbonyl (C=O) groups excluding carboxylic acids is 1. The highest BCUT2D eigenvalue weighted by atomic mass is 16.5. The van der Waals surface area contributed by atoms with Crippen LogP contribution in [0.2, 0.25) is 0 Å². The van der Waals surface area contributed by atoms with Crippen LogP contribution >= 0.6 is 0 Å². The summed E-state index contributed by atoms with van der Waals surface area (Å²) in [6.45, 7) is 2.86. The van der Waals surface area contributed by atoms with Crippen molar-refractivity contribution in [1.29, 1.82) is 0 Å². The quantitative estimate of drug-likeness (QED) is 0.739. The highest BCUT2D eigenvalue weighted by molar-refractivity contribution is 5.97. The number of carbonyl (C=O) groups is 1. The Bertz CT molecular complexity index is 420. The van der Waals surface area contributed by atoms with Crippen LogP contribution in [0.5, 0.6) is 5.75 Å². The van der Waals surface area contributed by atoms with Gasteiger partial charge in [0.25, 0.3) is 0 Å². The summed E-state index contributed by atoms with van der Waals surface area (Å²) in [5.41, 5.74) is 0.662. The van der Waals surface area contributed by atoms with Crippen molar-refractivity contribution in [3.05, 3.63) is 11.9 Å². The molecule has 0 aliphatic heterocycles. The second-order valence-electron chi connectivity index (χ2n) is 5.42. The largest absolute Gasteiger partial charge is 0.493 e. The molecule has 1 aromatic rings. The zero-order chi connectivity index (χ0) is 13.7. The van der Waals surface area contributed by atoms with Crippen molar-refractivity contribution in [3.63, 3.8) is 0 Å². The van der Waals surface area contributed by atoms with Gasteiger partial charge < -0.3 is 4.74 Å². The predicted octanol–water partition coefficient (Wildman–Crippen LogP) is 3.45. The Morgan fingerprint density at radius 2 is 2.16 bits per heavy atom.